The minimum atomic E-state index is -2.91. The minimum Gasteiger partial charge on any atom is -0.309 e. The van der Waals surface area contributed by atoms with Crippen molar-refractivity contribution in [1.29, 1.82) is 0 Å². The highest BCUT2D eigenvalue weighted by molar-refractivity contribution is 7.22. The zero-order valence-corrected chi connectivity index (χ0v) is 38.3. The zero-order valence-electron chi connectivity index (χ0n) is 37.3. The van der Waals surface area contributed by atoms with Crippen molar-refractivity contribution in [3.8, 4) is 50.2 Å². The molecule has 68 heavy (non-hydrogen) atoms. The Hall–Kier alpha value is -8.56. The van der Waals surface area contributed by atoms with E-state index in [0.29, 0.717) is 0 Å². The summed E-state index contributed by atoms with van der Waals surface area (Å²) in [7, 11) is -2.91. The van der Waals surface area contributed by atoms with Gasteiger partial charge in [0, 0.05) is 16.5 Å². The molecule has 1 aliphatic heterocycles. The average Bonchev–Trinajstić information content (AvgIpc) is 3.90. The molecule has 0 radical (unpaired) electrons. The lowest BCUT2D eigenvalue weighted by Gasteiger charge is -2.32. The van der Waals surface area contributed by atoms with Crippen molar-refractivity contribution in [3.05, 3.63) is 261 Å². The summed E-state index contributed by atoms with van der Waals surface area (Å²) in [6.07, 6.45) is 0. The molecule has 0 atom stereocenters. The van der Waals surface area contributed by atoms with Crippen molar-refractivity contribution in [2.45, 2.75) is 0 Å². The second-order valence-corrected chi connectivity index (χ2v) is 22.1. The fraction of sp³-hybridized carbons (Fsp3) is 0. The fourth-order valence-corrected chi connectivity index (χ4v) is 17.1. The summed E-state index contributed by atoms with van der Waals surface area (Å²) in [6.45, 7) is 0. The number of rotatable bonds is 6. The van der Waals surface area contributed by atoms with E-state index in [1.54, 1.807) is 0 Å². The Morgan fingerprint density at radius 1 is 0.250 bits per heavy atom. The van der Waals surface area contributed by atoms with Crippen LogP contribution >= 0.6 is 0 Å². The molecule has 12 aromatic carbocycles. The normalized spacial score (nSPS) is 12.8. The molecule has 0 N–H and O–H groups in total. The number of nitrogens with zero attached hydrogens (tertiary/aromatic N) is 1. The van der Waals surface area contributed by atoms with Gasteiger partial charge in [0.1, 0.15) is 0 Å². The Balaban J connectivity index is 1.04. The van der Waals surface area contributed by atoms with Crippen molar-refractivity contribution in [2.24, 2.45) is 0 Å². The van der Waals surface area contributed by atoms with Crippen molar-refractivity contribution < 1.29 is 0 Å². The second-order valence-electron chi connectivity index (χ2n) is 18.4. The summed E-state index contributed by atoms with van der Waals surface area (Å²) >= 11 is 0. The summed E-state index contributed by atoms with van der Waals surface area (Å²) in [4.78, 5) is 0. The molecule has 13 aromatic rings. The van der Waals surface area contributed by atoms with E-state index in [1.807, 2.05) is 0 Å². The van der Waals surface area contributed by atoms with E-state index in [9.17, 15) is 0 Å². The lowest BCUT2D eigenvalue weighted by Crippen LogP contribution is -2.72. The van der Waals surface area contributed by atoms with E-state index in [0.717, 1.165) is 0 Å². The number of benzene rings is 12. The Kier molecular flexibility index (Phi) is 8.67. The first-order valence-corrected chi connectivity index (χ1v) is 25.7. The maximum atomic E-state index is 2.56. The Bertz CT molecular complexity index is 3950. The smallest absolute Gasteiger partial charge is 0.180 e. The fourth-order valence-electron chi connectivity index (χ4n) is 11.9. The molecule has 0 spiro atoms. The molecule has 1 aromatic heterocycles. The van der Waals surface area contributed by atoms with E-state index >= 15 is 0 Å². The highest BCUT2D eigenvalue weighted by Crippen LogP contribution is 2.41. The minimum absolute atomic E-state index is 1.17. The topological polar surface area (TPSA) is 4.93 Å². The van der Waals surface area contributed by atoms with Gasteiger partial charge in [-0.25, -0.2) is 0 Å². The first kappa shape index (κ1) is 38.7. The quantitative estimate of drug-likeness (QED) is 0.147. The van der Waals surface area contributed by atoms with Gasteiger partial charge in [-0.3, -0.25) is 0 Å². The van der Waals surface area contributed by atoms with Gasteiger partial charge in [0.05, 0.1) is 11.0 Å². The maximum Gasteiger partial charge on any atom is 0.180 e. The summed E-state index contributed by atoms with van der Waals surface area (Å²) in [5, 5.41) is 15.7. The molecule has 1 nitrogen and oxygen atoms in total. The molecule has 0 fully saturated rings. The lowest BCUT2D eigenvalue weighted by molar-refractivity contribution is 1.18. The molecule has 0 saturated carbocycles. The highest BCUT2D eigenvalue weighted by atomic mass is 28.3. The summed E-state index contributed by atoms with van der Waals surface area (Å²) in [6, 6.07) is 98.1. The van der Waals surface area contributed by atoms with Gasteiger partial charge in [-0.05, 0) is 134 Å². The highest BCUT2D eigenvalue weighted by Gasteiger charge is 2.49. The first-order valence-electron chi connectivity index (χ1n) is 23.7. The molecule has 1 aliphatic rings. The van der Waals surface area contributed by atoms with Crippen molar-refractivity contribution in [3.63, 3.8) is 0 Å². The largest absolute Gasteiger partial charge is 0.309 e. The van der Waals surface area contributed by atoms with Crippen LogP contribution in [0.2, 0.25) is 0 Å². The molecular weight excluding hydrogens is 835 g/mol. The van der Waals surface area contributed by atoms with Crippen LogP contribution in [0.5, 0.6) is 0 Å². The molecular formula is C66H43NSi. The Morgan fingerprint density at radius 2 is 0.632 bits per heavy atom. The van der Waals surface area contributed by atoms with Gasteiger partial charge in [0.25, 0.3) is 0 Å². The van der Waals surface area contributed by atoms with Crippen molar-refractivity contribution in [1.82, 2.24) is 4.57 Å². The van der Waals surface area contributed by atoms with E-state index in [2.05, 4.69) is 265 Å². The van der Waals surface area contributed by atoms with Crippen molar-refractivity contribution >= 4 is 82.9 Å². The third kappa shape index (κ3) is 5.75. The summed E-state index contributed by atoms with van der Waals surface area (Å²) in [5.74, 6) is 0. The molecule has 14 rings (SSSR count). The molecule has 0 bridgehead atoms. The van der Waals surface area contributed by atoms with Gasteiger partial charge in [0.2, 0.25) is 0 Å². The SMILES string of the molecule is c1ccc([Si]2(c3ccccc3)c3cc(-c4cccc5ccccc45)ccc3-c3ccc(-n4c5ccc(-c6cccc7ccccc67)cc5c5cc(-c6cccc7ccccc67)ccc54)cc32)cc1. The Morgan fingerprint density at radius 3 is 1.12 bits per heavy atom. The van der Waals surface area contributed by atoms with Crippen LogP contribution < -0.4 is 20.7 Å². The monoisotopic (exact) mass is 877 g/mol. The number of fused-ring (bicyclic) bond motifs is 9. The first-order chi connectivity index (χ1) is 33.7. The van der Waals surface area contributed by atoms with Crippen LogP contribution in [-0.4, -0.2) is 12.6 Å². The number of aromatic nitrogens is 1. The van der Waals surface area contributed by atoms with Gasteiger partial charge >= 0.3 is 0 Å². The molecule has 0 amide bonds. The predicted molar refractivity (Wildman–Crippen MR) is 292 cm³/mol. The third-order valence-electron chi connectivity index (χ3n) is 14.9. The number of hydrogen-bond acceptors (Lipinski definition) is 0. The molecule has 0 unspecified atom stereocenters. The van der Waals surface area contributed by atoms with Gasteiger partial charge in [-0.15, -0.1) is 0 Å². The van der Waals surface area contributed by atoms with Crippen molar-refractivity contribution in [2.75, 3.05) is 0 Å². The van der Waals surface area contributed by atoms with E-state index in [1.165, 1.54) is 125 Å². The van der Waals surface area contributed by atoms with Crippen LogP contribution in [0.3, 0.4) is 0 Å². The van der Waals surface area contributed by atoms with Gasteiger partial charge in [-0.1, -0.05) is 224 Å². The maximum absolute atomic E-state index is 2.91. The van der Waals surface area contributed by atoms with Crippen LogP contribution in [0, 0.1) is 0 Å². The molecule has 316 valence electrons. The van der Waals surface area contributed by atoms with E-state index < -0.39 is 8.07 Å². The van der Waals surface area contributed by atoms with E-state index in [4.69, 9.17) is 0 Å². The van der Waals surface area contributed by atoms with Crippen LogP contribution in [0.4, 0.5) is 0 Å². The second kappa shape index (κ2) is 15.2. The lowest BCUT2D eigenvalue weighted by atomic mass is 9.95. The molecule has 0 aliphatic carbocycles. The van der Waals surface area contributed by atoms with Gasteiger partial charge < -0.3 is 4.57 Å². The molecule has 2 heteroatoms. The van der Waals surface area contributed by atoms with Gasteiger partial charge in [-0.2, -0.15) is 0 Å². The molecule has 0 saturated heterocycles. The Labute approximate surface area is 396 Å². The zero-order chi connectivity index (χ0) is 44.8. The third-order valence-corrected chi connectivity index (χ3v) is 19.7. The average molecular weight is 878 g/mol. The van der Waals surface area contributed by atoms with Gasteiger partial charge in [0.15, 0.2) is 8.07 Å². The summed E-state index contributed by atoms with van der Waals surface area (Å²) < 4.78 is 2.53. The van der Waals surface area contributed by atoms with Crippen LogP contribution in [0.15, 0.2) is 261 Å². The molecule has 2 heterocycles. The predicted octanol–water partition coefficient (Wildman–Crippen LogP) is 14.6. The standard InChI is InChI=1S/C66H43NSi/c1-3-22-51(23-4-1)68(52-24-5-2-6-25-52)65-42-49(58-31-15-21-46-18-9-12-28-55(46)58)32-36-59(65)60-37-35-50(43-66(60)68)67-63-38-33-47(56-29-13-19-44-16-7-10-26-53(44)56)40-61(63)62-41-48(34-39-64(62)67)57-30-14-20-45-17-8-11-27-54(45)57/h1-43H. The van der Waals surface area contributed by atoms with Crippen LogP contribution in [0.25, 0.3) is 104 Å². The van der Waals surface area contributed by atoms with E-state index in [-0.39, 0.29) is 0 Å². The summed E-state index contributed by atoms with van der Waals surface area (Å²) in [5.41, 5.74) is 13.7. The van der Waals surface area contributed by atoms with Crippen LogP contribution in [0.1, 0.15) is 0 Å². The van der Waals surface area contributed by atoms with Crippen LogP contribution in [-0.2, 0) is 0 Å². The number of hydrogen-bond donors (Lipinski definition) is 0.